The summed E-state index contributed by atoms with van der Waals surface area (Å²) >= 11 is 6.19. The van der Waals surface area contributed by atoms with Gasteiger partial charge in [0.05, 0.1) is 5.69 Å². The molecule has 1 N–H and O–H groups in total. The second-order valence-corrected chi connectivity index (χ2v) is 6.65. The number of amides is 2. The average Bonchev–Trinajstić information content (AvgIpc) is 2.78. The van der Waals surface area contributed by atoms with E-state index in [4.69, 9.17) is 11.6 Å². The Morgan fingerprint density at radius 2 is 1.60 bits per heavy atom. The Kier molecular flexibility index (Phi) is 4.39. The minimum atomic E-state index is -0.511. The molecule has 4 nitrogen and oxygen atoms in total. The Labute approximate surface area is 152 Å². The van der Waals surface area contributed by atoms with Gasteiger partial charge in [-0.25, -0.2) is 4.90 Å². The molecule has 0 spiro atoms. The molecule has 0 saturated heterocycles. The highest BCUT2D eigenvalue weighted by atomic mass is 35.5. The molecule has 0 aromatic heterocycles. The van der Waals surface area contributed by atoms with Gasteiger partial charge in [0.2, 0.25) is 0 Å². The molecule has 0 radical (unpaired) electrons. The number of rotatable bonds is 3. The zero-order chi connectivity index (χ0) is 18.3. The van der Waals surface area contributed by atoms with Crippen molar-refractivity contribution in [3.05, 3.63) is 69.4 Å². The molecule has 2 aromatic carbocycles. The molecule has 5 heteroatoms. The third-order valence-corrected chi connectivity index (χ3v) is 4.99. The van der Waals surface area contributed by atoms with E-state index in [0.29, 0.717) is 5.69 Å². The van der Waals surface area contributed by atoms with Crippen LogP contribution in [0.15, 0.2) is 47.1 Å². The number of hydrogen-bond acceptors (Lipinski definition) is 3. The number of carbonyl (C=O) groups excluding carboxylic acids is 2. The highest BCUT2D eigenvalue weighted by molar-refractivity contribution is 6.53. The Bertz CT molecular complexity index is 931. The molecule has 0 saturated carbocycles. The van der Waals surface area contributed by atoms with Gasteiger partial charge >= 0.3 is 0 Å². The zero-order valence-corrected chi connectivity index (χ0v) is 15.4. The molecule has 1 aliphatic heterocycles. The van der Waals surface area contributed by atoms with Crippen LogP contribution in [-0.2, 0) is 9.59 Å². The van der Waals surface area contributed by atoms with Crippen molar-refractivity contribution >= 4 is 34.8 Å². The van der Waals surface area contributed by atoms with Crippen LogP contribution in [0.5, 0.6) is 0 Å². The van der Waals surface area contributed by atoms with E-state index in [9.17, 15) is 9.59 Å². The maximum atomic E-state index is 12.8. The lowest BCUT2D eigenvalue weighted by Gasteiger charge is -2.17. The number of nitrogens with zero attached hydrogens (tertiary/aromatic N) is 1. The Hall–Kier alpha value is -2.59. The summed E-state index contributed by atoms with van der Waals surface area (Å²) in [4.78, 5) is 26.5. The van der Waals surface area contributed by atoms with E-state index < -0.39 is 11.8 Å². The van der Waals surface area contributed by atoms with Crippen LogP contribution < -0.4 is 10.2 Å². The third kappa shape index (κ3) is 2.94. The van der Waals surface area contributed by atoms with Gasteiger partial charge in [-0.15, -0.1) is 0 Å². The Balaban J connectivity index is 1.96. The van der Waals surface area contributed by atoms with Gasteiger partial charge in [-0.2, -0.15) is 0 Å². The summed E-state index contributed by atoms with van der Waals surface area (Å²) in [7, 11) is 0. The van der Waals surface area contributed by atoms with Crippen LogP contribution in [-0.4, -0.2) is 11.8 Å². The summed E-state index contributed by atoms with van der Waals surface area (Å²) in [6.45, 7) is 7.85. The van der Waals surface area contributed by atoms with Gasteiger partial charge in [0.25, 0.3) is 11.8 Å². The van der Waals surface area contributed by atoms with Crippen molar-refractivity contribution in [2.24, 2.45) is 0 Å². The summed E-state index contributed by atoms with van der Waals surface area (Å²) in [5.41, 5.74) is 5.58. The van der Waals surface area contributed by atoms with Gasteiger partial charge < -0.3 is 5.32 Å². The molecule has 0 unspecified atom stereocenters. The molecule has 0 bridgehead atoms. The van der Waals surface area contributed by atoms with Gasteiger partial charge in [0, 0.05) is 5.69 Å². The quantitative estimate of drug-likeness (QED) is 0.833. The maximum absolute atomic E-state index is 12.8. The largest absolute Gasteiger partial charge is 0.349 e. The van der Waals surface area contributed by atoms with Crippen molar-refractivity contribution in [1.29, 1.82) is 0 Å². The second-order valence-electron chi connectivity index (χ2n) is 6.28. The molecule has 25 heavy (non-hydrogen) atoms. The average molecular weight is 355 g/mol. The highest BCUT2D eigenvalue weighted by Crippen LogP contribution is 2.32. The fraction of sp³-hybridized carbons (Fsp3) is 0.200. The molecule has 0 fully saturated rings. The van der Waals surface area contributed by atoms with E-state index in [-0.39, 0.29) is 10.7 Å². The topological polar surface area (TPSA) is 49.4 Å². The van der Waals surface area contributed by atoms with Crippen LogP contribution in [0.25, 0.3) is 0 Å². The van der Waals surface area contributed by atoms with Crippen molar-refractivity contribution in [3.63, 3.8) is 0 Å². The summed E-state index contributed by atoms with van der Waals surface area (Å²) in [6.07, 6.45) is 0. The standard InChI is InChI=1S/C20H19ClN2O2/c1-11-8-9-15(10-13(11)3)23-19(24)17(21)18(20(23)25)22-16-7-5-6-12(2)14(16)4/h5-10,22H,1-4H3. The van der Waals surface area contributed by atoms with Crippen molar-refractivity contribution in [2.75, 3.05) is 10.2 Å². The SMILES string of the molecule is Cc1ccc(N2C(=O)C(Cl)=C(Nc3cccc(C)c3C)C2=O)cc1C. The maximum Gasteiger partial charge on any atom is 0.283 e. The van der Waals surface area contributed by atoms with Crippen LogP contribution in [0.2, 0.25) is 0 Å². The molecule has 2 aromatic rings. The lowest BCUT2D eigenvalue weighted by molar-refractivity contribution is -0.120. The fourth-order valence-electron chi connectivity index (χ4n) is 2.73. The van der Waals surface area contributed by atoms with Crippen LogP contribution in [0.1, 0.15) is 22.3 Å². The van der Waals surface area contributed by atoms with E-state index in [1.54, 1.807) is 6.07 Å². The van der Waals surface area contributed by atoms with E-state index >= 15 is 0 Å². The number of benzene rings is 2. The minimum absolute atomic E-state index is 0.0934. The highest BCUT2D eigenvalue weighted by Gasteiger charge is 2.39. The molecule has 128 valence electrons. The van der Waals surface area contributed by atoms with Crippen molar-refractivity contribution in [2.45, 2.75) is 27.7 Å². The predicted octanol–water partition coefficient (Wildman–Crippen LogP) is 4.36. The molecule has 2 amide bonds. The minimum Gasteiger partial charge on any atom is -0.349 e. The normalized spacial score (nSPS) is 14.5. The summed E-state index contributed by atoms with van der Waals surface area (Å²) in [5, 5.41) is 2.95. The van der Waals surface area contributed by atoms with Crippen LogP contribution in [0, 0.1) is 27.7 Å². The molecule has 3 rings (SSSR count). The summed E-state index contributed by atoms with van der Waals surface area (Å²) in [5.74, 6) is -0.957. The molecule has 1 heterocycles. The lowest BCUT2D eigenvalue weighted by Crippen LogP contribution is -2.32. The van der Waals surface area contributed by atoms with Crippen LogP contribution >= 0.6 is 11.6 Å². The first-order valence-corrected chi connectivity index (χ1v) is 8.38. The number of carbonyl (C=O) groups is 2. The summed E-state index contributed by atoms with van der Waals surface area (Å²) < 4.78 is 0. The van der Waals surface area contributed by atoms with Crippen molar-refractivity contribution in [3.8, 4) is 0 Å². The van der Waals surface area contributed by atoms with E-state index in [0.717, 1.165) is 32.8 Å². The van der Waals surface area contributed by atoms with Gasteiger partial charge in [-0.05, 0) is 68.1 Å². The van der Waals surface area contributed by atoms with E-state index in [1.165, 1.54) is 0 Å². The third-order valence-electron chi connectivity index (χ3n) is 4.64. The number of halogens is 1. The number of imide groups is 1. The van der Waals surface area contributed by atoms with E-state index in [1.807, 2.05) is 58.0 Å². The van der Waals surface area contributed by atoms with Crippen LogP contribution in [0.3, 0.4) is 0 Å². The Morgan fingerprint density at radius 1 is 0.880 bits per heavy atom. The lowest BCUT2D eigenvalue weighted by atomic mass is 10.1. The number of nitrogens with one attached hydrogen (secondary N) is 1. The van der Waals surface area contributed by atoms with Gasteiger partial charge in [0.1, 0.15) is 10.7 Å². The second kappa shape index (κ2) is 6.37. The van der Waals surface area contributed by atoms with Crippen LogP contribution in [0.4, 0.5) is 11.4 Å². The number of hydrogen-bond donors (Lipinski definition) is 1. The number of anilines is 2. The molecular weight excluding hydrogens is 336 g/mol. The fourth-order valence-corrected chi connectivity index (χ4v) is 2.94. The van der Waals surface area contributed by atoms with Crippen molar-refractivity contribution in [1.82, 2.24) is 0 Å². The molecular formula is C20H19ClN2O2. The van der Waals surface area contributed by atoms with Gasteiger partial charge in [-0.3, -0.25) is 9.59 Å². The first-order chi connectivity index (χ1) is 11.8. The number of aryl methyl sites for hydroxylation is 3. The van der Waals surface area contributed by atoms with Gasteiger partial charge in [-0.1, -0.05) is 29.8 Å². The first kappa shape index (κ1) is 17.2. The monoisotopic (exact) mass is 354 g/mol. The Morgan fingerprint density at radius 3 is 2.28 bits per heavy atom. The predicted molar refractivity (Wildman–Crippen MR) is 101 cm³/mol. The first-order valence-electron chi connectivity index (χ1n) is 8.00. The smallest absolute Gasteiger partial charge is 0.283 e. The van der Waals surface area contributed by atoms with E-state index in [2.05, 4.69) is 5.32 Å². The van der Waals surface area contributed by atoms with Crippen molar-refractivity contribution < 1.29 is 9.59 Å². The molecule has 0 aliphatic carbocycles. The van der Waals surface area contributed by atoms with Gasteiger partial charge in [0.15, 0.2) is 0 Å². The summed E-state index contributed by atoms with van der Waals surface area (Å²) in [6, 6.07) is 11.2. The molecule has 1 aliphatic rings. The zero-order valence-electron chi connectivity index (χ0n) is 14.6. The molecule has 0 atom stereocenters.